The molecule has 0 N–H and O–H groups in total. The van der Waals surface area contributed by atoms with E-state index in [2.05, 4.69) is 10.4 Å². The number of carbonyl (C=O) groups excluding carboxylic acids is 2. The van der Waals surface area contributed by atoms with E-state index >= 15 is 0 Å². The van der Waals surface area contributed by atoms with Gasteiger partial charge < -0.3 is 4.74 Å². The number of aromatic nitrogens is 4. The number of benzene rings is 1. The van der Waals surface area contributed by atoms with Crippen molar-refractivity contribution in [2.45, 2.75) is 39.2 Å². The molecular formula is C17H17ClN4O4. The van der Waals surface area contributed by atoms with Crippen molar-refractivity contribution in [3.05, 3.63) is 51.1 Å². The summed E-state index contributed by atoms with van der Waals surface area (Å²) in [5.74, 6) is -0.378. The van der Waals surface area contributed by atoms with Crippen molar-refractivity contribution in [2.24, 2.45) is 0 Å². The Morgan fingerprint density at radius 2 is 2.00 bits per heavy atom. The molecule has 136 valence electrons. The molecule has 1 aromatic heterocycles. The highest BCUT2D eigenvalue weighted by Gasteiger charge is 2.19. The lowest BCUT2D eigenvalue weighted by Crippen LogP contribution is -2.25. The van der Waals surface area contributed by atoms with Gasteiger partial charge in [-0.1, -0.05) is 11.6 Å². The number of tetrazole rings is 1. The summed E-state index contributed by atoms with van der Waals surface area (Å²) in [7, 11) is 0. The van der Waals surface area contributed by atoms with Crippen LogP contribution in [0.3, 0.4) is 0 Å². The van der Waals surface area contributed by atoms with E-state index in [0.717, 1.165) is 4.68 Å². The van der Waals surface area contributed by atoms with Crippen LogP contribution in [0.25, 0.3) is 5.69 Å². The van der Waals surface area contributed by atoms with Crippen LogP contribution in [0.5, 0.6) is 0 Å². The Balaban J connectivity index is 1.85. The van der Waals surface area contributed by atoms with Gasteiger partial charge in [-0.15, -0.1) is 0 Å². The van der Waals surface area contributed by atoms with Crippen molar-refractivity contribution in [1.29, 1.82) is 0 Å². The standard InChI is InChI=1S/C17H17ClN4O4/c1-10(2)21-17(25)22(20-19-21)11-6-7-14(15(18)8-11)16(24)26-13-5-3-4-12(23)9-13/h6-10H,3-5H2,1-2H3. The molecule has 8 nitrogen and oxygen atoms in total. The Morgan fingerprint density at radius 3 is 2.62 bits per heavy atom. The first kappa shape index (κ1) is 18.1. The quantitative estimate of drug-likeness (QED) is 0.760. The predicted octanol–water partition coefficient (Wildman–Crippen LogP) is 2.46. The number of halogens is 1. The lowest BCUT2D eigenvalue weighted by atomic mass is 10.1. The van der Waals surface area contributed by atoms with Crippen LogP contribution in [-0.4, -0.2) is 31.5 Å². The second-order valence-corrected chi connectivity index (χ2v) is 6.60. The monoisotopic (exact) mass is 376 g/mol. The van der Waals surface area contributed by atoms with Gasteiger partial charge in [-0.05, 0) is 48.9 Å². The fraction of sp³-hybridized carbons (Fsp3) is 0.353. The molecule has 2 aromatic rings. The first-order valence-electron chi connectivity index (χ1n) is 8.17. The van der Waals surface area contributed by atoms with E-state index in [4.69, 9.17) is 16.3 Å². The van der Waals surface area contributed by atoms with Gasteiger partial charge in [0.25, 0.3) is 0 Å². The van der Waals surface area contributed by atoms with E-state index in [-0.39, 0.29) is 22.4 Å². The molecule has 3 rings (SSSR count). The predicted molar refractivity (Wildman–Crippen MR) is 93.4 cm³/mol. The van der Waals surface area contributed by atoms with E-state index in [1.165, 1.54) is 29.0 Å². The minimum atomic E-state index is -0.652. The van der Waals surface area contributed by atoms with Crippen molar-refractivity contribution in [3.8, 4) is 5.69 Å². The summed E-state index contributed by atoms with van der Waals surface area (Å²) >= 11 is 6.18. The lowest BCUT2D eigenvalue weighted by Gasteiger charge is -2.13. The van der Waals surface area contributed by atoms with Gasteiger partial charge in [0, 0.05) is 18.9 Å². The van der Waals surface area contributed by atoms with Crippen LogP contribution >= 0.6 is 11.6 Å². The molecule has 0 aliphatic heterocycles. The maximum Gasteiger partial charge on any atom is 0.368 e. The summed E-state index contributed by atoms with van der Waals surface area (Å²) in [5.41, 5.74) is 0.117. The smallest absolute Gasteiger partial charge is 0.368 e. The average molecular weight is 377 g/mol. The maximum atomic E-state index is 12.3. The molecule has 0 saturated heterocycles. The molecule has 1 aliphatic rings. The van der Waals surface area contributed by atoms with Crippen LogP contribution in [0.15, 0.2) is 34.8 Å². The zero-order valence-corrected chi connectivity index (χ0v) is 15.1. The second-order valence-electron chi connectivity index (χ2n) is 6.20. The highest BCUT2D eigenvalue weighted by Crippen LogP contribution is 2.23. The van der Waals surface area contributed by atoms with Crippen LogP contribution in [-0.2, 0) is 9.53 Å². The summed E-state index contributed by atoms with van der Waals surface area (Å²) in [6.45, 7) is 3.63. The third kappa shape index (κ3) is 3.60. The number of rotatable bonds is 4. The Labute approximate surface area is 154 Å². The molecule has 1 heterocycles. The van der Waals surface area contributed by atoms with Crippen molar-refractivity contribution in [1.82, 2.24) is 19.8 Å². The Kier molecular flexibility index (Phi) is 5.03. The molecule has 1 aliphatic carbocycles. The summed E-state index contributed by atoms with van der Waals surface area (Å²) in [5, 5.41) is 7.74. The van der Waals surface area contributed by atoms with Gasteiger partial charge in [0.15, 0.2) is 5.78 Å². The Hall–Kier alpha value is -2.74. The van der Waals surface area contributed by atoms with Crippen LogP contribution < -0.4 is 5.69 Å². The van der Waals surface area contributed by atoms with Crippen LogP contribution in [0.2, 0.25) is 5.02 Å². The summed E-state index contributed by atoms with van der Waals surface area (Å²) in [6.07, 6.45) is 2.98. The molecule has 0 bridgehead atoms. The first-order valence-corrected chi connectivity index (χ1v) is 8.54. The van der Waals surface area contributed by atoms with E-state index < -0.39 is 11.7 Å². The highest BCUT2D eigenvalue weighted by molar-refractivity contribution is 6.33. The van der Waals surface area contributed by atoms with Gasteiger partial charge in [0.2, 0.25) is 0 Å². The Morgan fingerprint density at radius 1 is 1.23 bits per heavy atom. The molecule has 0 unspecified atom stereocenters. The maximum absolute atomic E-state index is 12.3. The molecule has 0 spiro atoms. The third-order valence-electron chi connectivity index (χ3n) is 3.90. The first-order chi connectivity index (χ1) is 12.4. The van der Waals surface area contributed by atoms with Crippen molar-refractivity contribution in [2.75, 3.05) is 0 Å². The Bertz CT molecular complexity index is 958. The SMILES string of the molecule is CC(C)n1nnn(-c2ccc(C(=O)OC3=CC(=O)CCC3)c(Cl)c2)c1=O. The average Bonchev–Trinajstić information content (AvgIpc) is 2.96. The number of allylic oxidation sites excluding steroid dienone is 2. The summed E-state index contributed by atoms with van der Waals surface area (Å²) in [6, 6.07) is 4.29. The molecule has 0 atom stereocenters. The number of nitrogens with zero attached hydrogens (tertiary/aromatic N) is 4. The largest absolute Gasteiger partial charge is 0.427 e. The van der Waals surface area contributed by atoms with Crippen molar-refractivity contribution >= 4 is 23.4 Å². The molecule has 0 saturated carbocycles. The van der Waals surface area contributed by atoms with E-state index in [0.29, 0.717) is 30.7 Å². The van der Waals surface area contributed by atoms with E-state index in [1.54, 1.807) is 0 Å². The normalized spacial score (nSPS) is 14.5. The van der Waals surface area contributed by atoms with Crippen molar-refractivity contribution in [3.63, 3.8) is 0 Å². The molecule has 26 heavy (non-hydrogen) atoms. The van der Waals surface area contributed by atoms with E-state index in [9.17, 15) is 14.4 Å². The number of hydrogen-bond donors (Lipinski definition) is 0. The van der Waals surface area contributed by atoms with Gasteiger partial charge in [0.05, 0.1) is 22.3 Å². The van der Waals surface area contributed by atoms with Crippen LogP contribution in [0, 0.1) is 0 Å². The molecule has 9 heteroatoms. The topological polar surface area (TPSA) is 96.1 Å². The van der Waals surface area contributed by atoms with Crippen molar-refractivity contribution < 1.29 is 14.3 Å². The van der Waals surface area contributed by atoms with Gasteiger partial charge in [0.1, 0.15) is 5.76 Å². The minimum Gasteiger partial charge on any atom is -0.427 e. The number of carbonyl (C=O) groups is 2. The minimum absolute atomic E-state index is 0.0619. The van der Waals surface area contributed by atoms with Crippen LogP contribution in [0.4, 0.5) is 0 Å². The summed E-state index contributed by atoms with van der Waals surface area (Å²) < 4.78 is 7.59. The number of esters is 1. The molecule has 0 amide bonds. The molecule has 0 fully saturated rings. The zero-order valence-electron chi connectivity index (χ0n) is 14.3. The fourth-order valence-corrected chi connectivity index (χ4v) is 2.81. The van der Waals surface area contributed by atoms with E-state index in [1.807, 2.05) is 13.8 Å². The number of ketones is 1. The second kappa shape index (κ2) is 7.25. The van der Waals surface area contributed by atoms with Gasteiger partial charge in [-0.25, -0.2) is 9.59 Å². The zero-order chi connectivity index (χ0) is 18.8. The lowest BCUT2D eigenvalue weighted by molar-refractivity contribution is -0.115. The molecular weight excluding hydrogens is 360 g/mol. The van der Waals surface area contributed by atoms with Gasteiger partial charge in [-0.2, -0.15) is 9.36 Å². The van der Waals surface area contributed by atoms with Gasteiger partial charge >= 0.3 is 11.7 Å². The number of hydrogen-bond acceptors (Lipinski definition) is 6. The molecule has 1 aromatic carbocycles. The fourth-order valence-electron chi connectivity index (χ4n) is 2.56. The van der Waals surface area contributed by atoms with Crippen LogP contribution in [0.1, 0.15) is 49.5 Å². The van der Waals surface area contributed by atoms with Gasteiger partial charge in [-0.3, -0.25) is 4.79 Å². The summed E-state index contributed by atoms with van der Waals surface area (Å²) in [4.78, 5) is 36.0. The molecule has 0 radical (unpaired) electrons. The highest BCUT2D eigenvalue weighted by atomic mass is 35.5. The third-order valence-corrected chi connectivity index (χ3v) is 4.21. The number of ether oxygens (including phenoxy) is 1.